The van der Waals surface area contributed by atoms with Crippen LogP contribution >= 0.6 is 0 Å². The molecule has 1 saturated heterocycles. The van der Waals surface area contributed by atoms with Crippen LogP contribution < -0.4 is 4.90 Å². The lowest BCUT2D eigenvalue weighted by molar-refractivity contribution is 0.220. The van der Waals surface area contributed by atoms with E-state index in [-0.39, 0.29) is 0 Å². The van der Waals surface area contributed by atoms with E-state index in [0.29, 0.717) is 0 Å². The lowest BCUT2D eigenvalue weighted by atomic mass is 9.76. The van der Waals surface area contributed by atoms with Crippen LogP contribution in [0.2, 0.25) is 0 Å². The molecule has 3 nitrogen and oxygen atoms in total. The van der Waals surface area contributed by atoms with Gasteiger partial charge in [0.25, 0.3) is 0 Å². The second-order valence-corrected chi connectivity index (χ2v) is 7.68. The number of aryl methyl sites for hydroxylation is 2. The highest BCUT2D eigenvalue weighted by Gasteiger charge is 2.29. The zero-order valence-electron chi connectivity index (χ0n) is 14.6. The van der Waals surface area contributed by atoms with Gasteiger partial charge in [0, 0.05) is 30.4 Å². The summed E-state index contributed by atoms with van der Waals surface area (Å²) in [6.45, 7) is 6.74. The first-order valence-corrected chi connectivity index (χ1v) is 9.43. The Bertz CT molecular complexity index is 681. The fourth-order valence-corrected chi connectivity index (χ4v) is 4.80. The number of aromatic amines is 1. The lowest BCUT2D eigenvalue weighted by Crippen LogP contribution is -2.39. The Kier molecular flexibility index (Phi) is 4.04. The van der Waals surface area contributed by atoms with E-state index in [0.717, 1.165) is 18.4 Å². The summed E-state index contributed by atoms with van der Waals surface area (Å²) in [7, 11) is 0. The molecule has 1 unspecified atom stereocenters. The summed E-state index contributed by atoms with van der Waals surface area (Å²) in [5.41, 5.74) is 3.88. The van der Waals surface area contributed by atoms with Crippen LogP contribution in [0.1, 0.15) is 56.2 Å². The number of hydrogen-bond acceptors (Lipinski definition) is 2. The van der Waals surface area contributed by atoms with E-state index in [4.69, 9.17) is 4.98 Å². The molecule has 1 saturated carbocycles. The van der Waals surface area contributed by atoms with Crippen molar-refractivity contribution in [2.45, 2.75) is 58.8 Å². The average molecular weight is 311 g/mol. The highest BCUT2D eigenvalue weighted by molar-refractivity contribution is 5.92. The molecule has 2 aromatic heterocycles. The summed E-state index contributed by atoms with van der Waals surface area (Å²) in [4.78, 5) is 10.9. The van der Waals surface area contributed by atoms with Crippen LogP contribution in [0.5, 0.6) is 0 Å². The van der Waals surface area contributed by atoms with Crippen molar-refractivity contribution in [2.75, 3.05) is 18.0 Å². The summed E-state index contributed by atoms with van der Waals surface area (Å²) < 4.78 is 0. The third-order valence-corrected chi connectivity index (χ3v) is 6.28. The van der Waals surface area contributed by atoms with Crippen molar-refractivity contribution >= 4 is 16.7 Å². The van der Waals surface area contributed by atoms with E-state index in [2.05, 4.69) is 29.8 Å². The number of aromatic nitrogens is 2. The fraction of sp³-hybridized carbons (Fsp3) is 0.650. The largest absolute Gasteiger partial charge is 0.355 e. The van der Waals surface area contributed by atoms with E-state index in [1.54, 1.807) is 0 Å². The van der Waals surface area contributed by atoms with Gasteiger partial charge in [-0.2, -0.15) is 0 Å². The van der Waals surface area contributed by atoms with Crippen LogP contribution in [0.15, 0.2) is 12.3 Å². The number of fused-ring (bicyclic) bond motifs is 1. The highest BCUT2D eigenvalue weighted by atomic mass is 15.2. The minimum atomic E-state index is 0.873. The number of nitrogens with one attached hydrogen (secondary N) is 1. The van der Waals surface area contributed by atoms with Gasteiger partial charge in [0.1, 0.15) is 0 Å². The minimum Gasteiger partial charge on any atom is -0.355 e. The zero-order valence-corrected chi connectivity index (χ0v) is 14.6. The Hall–Kier alpha value is -1.51. The first kappa shape index (κ1) is 15.0. The number of rotatable bonds is 2. The van der Waals surface area contributed by atoms with E-state index in [1.165, 1.54) is 79.5 Å². The molecule has 1 N–H and O–H groups in total. The highest BCUT2D eigenvalue weighted by Crippen LogP contribution is 2.37. The summed E-state index contributed by atoms with van der Waals surface area (Å²) in [6, 6.07) is 2.15. The van der Waals surface area contributed by atoms with Gasteiger partial charge in [0.15, 0.2) is 5.82 Å². The maximum Gasteiger partial charge on any atom is 0.152 e. The lowest BCUT2D eigenvalue weighted by Gasteiger charge is -2.39. The molecule has 1 atom stereocenters. The number of nitrogens with zero attached hydrogens (tertiary/aromatic N) is 2. The molecule has 4 rings (SSSR count). The van der Waals surface area contributed by atoms with E-state index < -0.39 is 0 Å². The first-order chi connectivity index (χ1) is 11.2. The number of pyridine rings is 1. The summed E-state index contributed by atoms with van der Waals surface area (Å²) in [5, 5.41) is 1.34. The molecule has 0 spiro atoms. The Morgan fingerprint density at radius 2 is 1.83 bits per heavy atom. The molecule has 124 valence electrons. The summed E-state index contributed by atoms with van der Waals surface area (Å²) >= 11 is 0. The van der Waals surface area contributed by atoms with Crippen molar-refractivity contribution in [3.63, 3.8) is 0 Å². The van der Waals surface area contributed by atoms with Crippen LogP contribution in [0.3, 0.4) is 0 Å². The van der Waals surface area contributed by atoms with Crippen molar-refractivity contribution < 1.29 is 0 Å². The fourth-order valence-electron chi connectivity index (χ4n) is 4.80. The van der Waals surface area contributed by atoms with Gasteiger partial charge in [-0.05, 0) is 50.2 Å². The molecule has 0 bridgehead atoms. The van der Waals surface area contributed by atoms with E-state index >= 15 is 0 Å². The third kappa shape index (κ3) is 2.75. The molecule has 2 aromatic rings. The zero-order chi connectivity index (χ0) is 15.8. The van der Waals surface area contributed by atoms with Gasteiger partial charge in [0.2, 0.25) is 0 Å². The number of H-pyrrole nitrogens is 1. The van der Waals surface area contributed by atoms with Crippen LogP contribution in [0, 0.1) is 25.7 Å². The molecule has 0 radical (unpaired) electrons. The van der Waals surface area contributed by atoms with Gasteiger partial charge in [-0.1, -0.05) is 32.1 Å². The standard InChI is InChI=1S/C20H29N3/c1-14-15(2)22-19-18(14)10-11-21-20(19)23-12-6-9-17(13-23)16-7-4-3-5-8-16/h10-11,16-17,22H,3-9,12-13H2,1-2H3. The smallest absolute Gasteiger partial charge is 0.152 e. The maximum absolute atomic E-state index is 4.76. The predicted molar refractivity (Wildman–Crippen MR) is 97.1 cm³/mol. The second kappa shape index (κ2) is 6.18. The van der Waals surface area contributed by atoms with Crippen LogP contribution in [0.4, 0.5) is 5.82 Å². The Morgan fingerprint density at radius 1 is 1.04 bits per heavy atom. The van der Waals surface area contributed by atoms with Crippen molar-refractivity contribution in [3.05, 3.63) is 23.5 Å². The van der Waals surface area contributed by atoms with Crippen molar-refractivity contribution in [2.24, 2.45) is 11.8 Å². The first-order valence-electron chi connectivity index (χ1n) is 9.43. The quantitative estimate of drug-likeness (QED) is 0.848. The molecular formula is C20H29N3. The van der Waals surface area contributed by atoms with Gasteiger partial charge in [-0.15, -0.1) is 0 Å². The molecule has 2 aliphatic rings. The van der Waals surface area contributed by atoms with Crippen LogP contribution in [-0.2, 0) is 0 Å². The number of piperidine rings is 1. The van der Waals surface area contributed by atoms with Crippen molar-refractivity contribution in [1.82, 2.24) is 9.97 Å². The Morgan fingerprint density at radius 3 is 2.65 bits per heavy atom. The maximum atomic E-state index is 4.76. The van der Waals surface area contributed by atoms with Gasteiger partial charge in [0.05, 0.1) is 5.52 Å². The molecule has 1 aliphatic heterocycles. The molecule has 0 amide bonds. The summed E-state index contributed by atoms with van der Waals surface area (Å²) in [5.74, 6) is 3.01. The molecule has 23 heavy (non-hydrogen) atoms. The van der Waals surface area contributed by atoms with Gasteiger partial charge in [-0.25, -0.2) is 4.98 Å². The van der Waals surface area contributed by atoms with Crippen molar-refractivity contribution in [3.8, 4) is 0 Å². The second-order valence-electron chi connectivity index (χ2n) is 7.68. The average Bonchev–Trinajstić information content (AvgIpc) is 2.90. The molecule has 3 heterocycles. The molecule has 0 aromatic carbocycles. The van der Waals surface area contributed by atoms with Gasteiger partial charge >= 0.3 is 0 Å². The van der Waals surface area contributed by atoms with Crippen LogP contribution in [-0.4, -0.2) is 23.1 Å². The van der Waals surface area contributed by atoms with Crippen LogP contribution in [0.25, 0.3) is 10.9 Å². The number of anilines is 1. The molecule has 1 aliphatic carbocycles. The molecule has 2 fully saturated rings. The van der Waals surface area contributed by atoms with Crippen molar-refractivity contribution in [1.29, 1.82) is 0 Å². The predicted octanol–water partition coefficient (Wildman–Crippen LogP) is 4.98. The Balaban J connectivity index is 1.61. The third-order valence-electron chi connectivity index (χ3n) is 6.28. The summed E-state index contributed by atoms with van der Waals surface area (Å²) in [6.07, 6.45) is 12.0. The Labute approximate surface area is 139 Å². The van der Waals surface area contributed by atoms with E-state index in [1.807, 2.05) is 6.20 Å². The van der Waals surface area contributed by atoms with Gasteiger partial charge in [-0.3, -0.25) is 0 Å². The monoisotopic (exact) mass is 311 g/mol. The molecular weight excluding hydrogens is 282 g/mol. The minimum absolute atomic E-state index is 0.873. The molecule has 3 heteroatoms. The topological polar surface area (TPSA) is 31.9 Å². The normalized spacial score (nSPS) is 23.6. The van der Waals surface area contributed by atoms with Gasteiger partial charge < -0.3 is 9.88 Å². The SMILES string of the molecule is Cc1[nH]c2c(N3CCCC(C4CCCCC4)C3)nccc2c1C. The van der Waals surface area contributed by atoms with E-state index in [9.17, 15) is 0 Å². The number of hydrogen-bond donors (Lipinski definition) is 1.